The van der Waals surface area contributed by atoms with Gasteiger partial charge in [-0.25, -0.2) is 4.98 Å². The highest BCUT2D eigenvalue weighted by Crippen LogP contribution is 2.36. The molecule has 1 N–H and O–H groups in total. The summed E-state index contributed by atoms with van der Waals surface area (Å²) in [6.07, 6.45) is 0. The number of fused-ring (bicyclic) bond motifs is 1. The molecule has 0 aliphatic heterocycles. The SMILES string of the molecule is Cc1ccc(NC(=O)C(Sc2nc3sc(C)c(C)c3c(=O)n2C)c2ccccc2)cc1. The Bertz CT molecular complexity index is 1310. The second-order valence-electron chi connectivity index (χ2n) is 7.49. The predicted octanol–water partition coefficient (Wildman–Crippen LogP) is 5.39. The molecule has 0 fully saturated rings. The molecule has 0 spiro atoms. The van der Waals surface area contributed by atoms with E-state index in [9.17, 15) is 9.59 Å². The van der Waals surface area contributed by atoms with Crippen LogP contribution in [0.5, 0.6) is 0 Å². The minimum absolute atomic E-state index is 0.0832. The first-order valence-corrected chi connectivity index (χ1v) is 11.6. The van der Waals surface area contributed by atoms with E-state index < -0.39 is 5.25 Å². The molecule has 4 aromatic rings. The fourth-order valence-corrected chi connectivity index (χ4v) is 5.44. The number of hydrogen-bond donors (Lipinski definition) is 1. The highest BCUT2D eigenvalue weighted by atomic mass is 32.2. The van der Waals surface area contributed by atoms with Crippen molar-refractivity contribution in [1.29, 1.82) is 0 Å². The van der Waals surface area contributed by atoms with Crippen LogP contribution in [0.15, 0.2) is 64.5 Å². The van der Waals surface area contributed by atoms with Crippen molar-refractivity contribution in [2.24, 2.45) is 7.05 Å². The monoisotopic (exact) mass is 449 g/mol. The average Bonchev–Trinajstić information content (AvgIpc) is 3.05. The Labute approximate surface area is 189 Å². The molecule has 0 saturated heterocycles. The molecule has 1 amide bonds. The number of aryl methyl sites for hydroxylation is 3. The van der Waals surface area contributed by atoms with Gasteiger partial charge in [-0.1, -0.05) is 59.8 Å². The van der Waals surface area contributed by atoms with Gasteiger partial charge in [0.05, 0.1) is 5.39 Å². The second-order valence-corrected chi connectivity index (χ2v) is 9.76. The number of amides is 1. The van der Waals surface area contributed by atoms with Crippen LogP contribution in [0.3, 0.4) is 0 Å². The summed E-state index contributed by atoms with van der Waals surface area (Å²) in [7, 11) is 1.71. The summed E-state index contributed by atoms with van der Waals surface area (Å²) in [5, 5.41) is 3.63. The van der Waals surface area contributed by atoms with E-state index in [1.807, 2.05) is 75.4 Å². The predicted molar refractivity (Wildman–Crippen MR) is 129 cm³/mol. The van der Waals surface area contributed by atoms with E-state index in [0.29, 0.717) is 15.4 Å². The molecule has 2 heterocycles. The number of aromatic nitrogens is 2. The van der Waals surface area contributed by atoms with Crippen LogP contribution in [0.2, 0.25) is 0 Å². The van der Waals surface area contributed by atoms with Gasteiger partial charge in [0.1, 0.15) is 10.1 Å². The van der Waals surface area contributed by atoms with E-state index in [1.54, 1.807) is 11.6 Å². The number of thiophene rings is 1. The lowest BCUT2D eigenvalue weighted by atomic mass is 10.1. The number of rotatable bonds is 5. The van der Waals surface area contributed by atoms with Gasteiger partial charge in [0.25, 0.3) is 5.56 Å². The van der Waals surface area contributed by atoms with Gasteiger partial charge in [-0.2, -0.15) is 0 Å². The maximum Gasteiger partial charge on any atom is 0.262 e. The highest BCUT2D eigenvalue weighted by molar-refractivity contribution is 8.00. The Hall–Kier alpha value is -2.90. The Balaban J connectivity index is 1.73. The lowest BCUT2D eigenvalue weighted by molar-refractivity contribution is -0.115. The molecular weight excluding hydrogens is 426 g/mol. The molecule has 0 aliphatic rings. The molecule has 158 valence electrons. The molecule has 1 atom stereocenters. The van der Waals surface area contributed by atoms with Crippen LogP contribution in [-0.4, -0.2) is 15.5 Å². The summed E-state index contributed by atoms with van der Waals surface area (Å²) >= 11 is 2.80. The third-order valence-electron chi connectivity index (χ3n) is 5.25. The van der Waals surface area contributed by atoms with Gasteiger partial charge in [-0.15, -0.1) is 11.3 Å². The number of nitrogens with one attached hydrogen (secondary N) is 1. The summed E-state index contributed by atoms with van der Waals surface area (Å²) in [4.78, 5) is 32.8. The molecule has 4 rings (SSSR count). The molecule has 1 unspecified atom stereocenters. The largest absolute Gasteiger partial charge is 0.325 e. The highest BCUT2D eigenvalue weighted by Gasteiger charge is 2.25. The normalized spacial score (nSPS) is 12.1. The zero-order valence-corrected chi connectivity index (χ0v) is 19.4. The van der Waals surface area contributed by atoms with Crippen LogP contribution >= 0.6 is 23.1 Å². The van der Waals surface area contributed by atoms with Gasteiger partial charge >= 0.3 is 0 Å². The zero-order valence-electron chi connectivity index (χ0n) is 17.8. The van der Waals surface area contributed by atoms with Crippen molar-refractivity contribution in [2.75, 3.05) is 5.32 Å². The summed E-state index contributed by atoms with van der Waals surface area (Å²) in [6, 6.07) is 17.3. The molecule has 0 saturated carbocycles. The first-order valence-electron chi connectivity index (χ1n) is 9.91. The number of anilines is 1. The molecule has 5 nitrogen and oxygen atoms in total. The van der Waals surface area contributed by atoms with E-state index in [-0.39, 0.29) is 11.5 Å². The molecule has 0 aliphatic carbocycles. The van der Waals surface area contributed by atoms with Crippen molar-refractivity contribution in [2.45, 2.75) is 31.2 Å². The lowest BCUT2D eigenvalue weighted by Gasteiger charge is -2.18. The Kier molecular flexibility index (Phi) is 5.98. The first kappa shape index (κ1) is 21.3. The van der Waals surface area contributed by atoms with E-state index in [2.05, 4.69) is 5.32 Å². The molecular formula is C24H23N3O2S2. The first-order chi connectivity index (χ1) is 14.8. The van der Waals surface area contributed by atoms with Crippen LogP contribution in [0.25, 0.3) is 10.2 Å². The van der Waals surface area contributed by atoms with Crippen LogP contribution in [0, 0.1) is 20.8 Å². The van der Waals surface area contributed by atoms with Gasteiger partial charge in [0, 0.05) is 17.6 Å². The summed E-state index contributed by atoms with van der Waals surface area (Å²) < 4.78 is 1.54. The Morgan fingerprint density at radius 1 is 1.06 bits per heavy atom. The van der Waals surface area contributed by atoms with Crippen LogP contribution < -0.4 is 10.9 Å². The number of thioether (sulfide) groups is 1. The summed E-state index contributed by atoms with van der Waals surface area (Å²) in [5.74, 6) is -0.159. The minimum Gasteiger partial charge on any atom is -0.325 e. The lowest BCUT2D eigenvalue weighted by Crippen LogP contribution is -2.23. The van der Waals surface area contributed by atoms with Gasteiger partial charge in [0.15, 0.2) is 5.16 Å². The standard InChI is InChI=1S/C24H23N3O2S2/c1-14-10-12-18(13-11-14)25-21(28)20(17-8-6-5-7-9-17)31-24-26-22-19(23(29)27(24)4)15(2)16(3)30-22/h5-13,20H,1-4H3,(H,25,28). The van der Waals surface area contributed by atoms with E-state index >= 15 is 0 Å². The third kappa shape index (κ3) is 4.29. The topological polar surface area (TPSA) is 64.0 Å². The number of nitrogens with zero attached hydrogens (tertiary/aromatic N) is 2. The smallest absolute Gasteiger partial charge is 0.262 e. The molecule has 31 heavy (non-hydrogen) atoms. The van der Waals surface area contributed by atoms with Crippen LogP contribution in [0.4, 0.5) is 5.69 Å². The zero-order chi connectivity index (χ0) is 22.1. The third-order valence-corrected chi connectivity index (χ3v) is 7.65. The van der Waals surface area contributed by atoms with Gasteiger partial charge in [-0.05, 0) is 44.0 Å². The number of carbonyl (C=O) groups excluding carboxylic acids is 1. The number of hydrogen-bond acceptors (Lipinski definition) is 5. The fraction of sp³-hybridized carbons (Fsp3) is 0.208. The van der Waals surface area contributed by atoms with E-state index in [4.69, 9.17) is 4.98 Å². The summed E-state index contributed by atoms with van der Waals surface area (Å²) in [5.41, 5.74) is 3.60. The van der Waals surface area contributed by atoms with Crippen LogP contribution in [0.1, 0.15) is 26.8 Å². The average molecular weight is 450 g/mol. The van der Waals surface area contributed by atoms with Crippen molar-refractivity contribution in [3.8, 4) is 0 Å². The number of carbonyl (C=O) groups is 1. The van der Waals surface area contributed by atoms with Gasteiger partial charge in [0.2, 0.25) is 5.91 Å². The Morgan fingerprint density at radius 2 is 1.74 bits per heavy atom. The van der Waals surface area contributed by atoms with Crippen molar-refractivity contribution in [1.82, 2.24) is 9.55 Å². The fourth-order valence-electron chi connectivity index (χ4n) is 3.31. The van der Waals surface area contributed by atoms with Crippen molar-refractivity contribution in [3.63, 3.8) is 0 Å². The second kappa shape index (κ2) is 8.69. The molecule has 0 bridgehead atoms. The number of benzene rings is 2. The van der Waals surface area contributed by atoms with Crippen molar-refractivity contribution in [3.05, 3.63) is 86.5 Å². The Morgan fingerprint density at radius 3 is 2.42 bits per heavy atom. The van der Waals surface area contributed by atoms with Crippen LogP contribution in [-0.2, 0) is 11.8 Å². The molecule has 0 radical (unpaired) electrons. The van der Waals surface area contributed by atoms with Crippen molar-refractivity contribution >= 4 is 44.9 Å². The molecule has 7 heteroatoms. The molecule has 2 aromatic heterocycles. The van der Waals surface area contributed by atoms with Crippen molar-refractivity contribution < 1.29 is 4.79 Å². The van der Waals surface area contributed by atoms with Gasteiger partial charge < -0.3 is 5.32 Å². The van der Waals surface area contributed by atoms with Gasteiger partial charge in [-0.3, -0.25) is 14.2 Å². The quantitative estimate of drug-likeness (QED) is 0.328. The van der Waals surface area contributed by atoms with E-state index in [1.165, 1.54) is 23.1 Å². The summed E-state index contributed by atoms with van der Waals surface area (Å²) in [6.45, 7) is 5.95. The van der Waals surface area contributed by atoms with E-state index in [0.717, 1.165) is 27.3 Å². The maximum absolute atomic E-state index is 13.3. The molecule has 2 aromatic carbocycles. The maximum atomic E-state index is 13.3. The minimum atomic E-state index is -0.555.